The van der Waals surface area contributed by atoms with Crippen LogP contribution in [-0.2, 0) is 6.54 Å². The molecular weight excluding hydrogens is 362 g/mol. The second-order valence-electron chi connectivity index (χ2n) is 6.65. The lowest BCUT2D eigenvalue weighted by Gasteiger charge is -2.32. The summed E-state index contributed by atoms with van der Waals surface area (Å²) in [5, 5.41) is 1.97. The largest absolute Gasteiger partial charge is 0.337 e. The average Bonchev–Trinajstić information content (AvgIpc) is 3.38. The van der Waals surface area contributed by atoms with Gasteiger partial charge in [-0.2, -0.15) is 0 Å². The molecule has 1 unspecified atom stereocenters. The maximum atomic E-state index is 12.9. The van der Waals surface area contributed by atoms with Crippen molar-refractivity contribution < 1.29 is 4.79 Å². The Morgan fingerprint density at radius 2 is 2.33 bits per heavy atom. The molecule has 0 radical (unpaired) electrons. The molecule has 140 valence electrons. The topological polar surface area (TPSA) is 83.9 Å². The van der Waals surface area contributed by atoms with Crippen LogP contribution in [0, 0.1) is 0 Å². The number of carbonyl (C=O) groups excluding carboxylic acids is 1. The molecular formula is C19H21N5O2S. The Morgan fingerprint density at radius 3 is 3.11 bits per heavy atom. The zero-order chi connectivity index (χ0) is 18.8. The lowest BCUT2D eigenvalue weighted by molar-refractivity contribution is 0.0693. The molecule has 1 N–H and O–H groups in total. The van der Waals surface area contributed by atoms with Gasteiger partial charge in [0.15, 0.2) is 0 Å². The smallest absolute Gasteiger partial charge is 0.272 e. The quantitative estimate of drug-likeness (QED) is 0.751. The minimum atomic E-state index is -0.157. The number of hydrogen-bond acceptors (Lipinski definition) is 5. The predicted octanol–water partition coefficient (Wildman–Crippen LogP) is 2.73. The number of hydrogen-bond donors (Lipinski definition) is 1. The van der Waals surface area contributed by atoms with E-state index in [-0.39, 0.29) is 17.4 Å². The first-order valence-electron chi connectivity index (χ1n) is 9.10. The van der Waals surface area contributed by atoms with Gasteiger partial charge in [-0.1, -0.05) is 6.07 Å². The Bertz CT molecular complexity index is 992. The highest BCUT2D eigenvalue weighted by molar-refractivity contribution is 7.13. The molecule has 0 aromatic carbocycles. The molecule has 0 aliphatic carbocycles. The minimum Gasteiger partial charge on any atom is -0.337 e. The number of piperidine rings is 1. The van der Waals surface area contributed by atoms with E-state index in [0.29, 0.717) is 36.8 Å². The molecule has 8 heteroatoms. The second-order valence-corrected chi connectivity index (χ2v) is 7.60. The number of H-pyrrole nitrogens is 1. The third-order valence-corrected chi connectivity index (χ3v) is 5.79. The Kier molecular flexibility index (Phi) is 4.89. The summed E-state index contributed by atoms with van der Waals surface area (Å²) >= 11 is 1.56. The van der Waals surface area contributed by atoms with Crippen LogP contribution in [0.4, 0.5) is 0 Å². The van der Waals surface area contributed by atoms with E-state index in [9.17, 15) is 9.59 Å². The normalized spacial score (nSPS) is 17.2. The van der Waals surface area contributed by atoms with E-state index in [0.717, 1.165) is 17.7 Å². The van der Waals surface area contributed by atoms with Crippen LogP contribution in [0.2, 0.25) is 0 Å². The van der Waals surface area contributed by atoms with Crippen LogP contribution in [0.5, 0.6) is 0 Å². The monoisotopic (exact) mass is 383 g/mol. The number of aryl methyl sites for hydroxylation is 1. The van der Waals surface area contributed by atoms with Crippen molar-refractivity contribution >= 4 is 17.2 Å². The van der Waals surface area contributed by atoms with Crippen LogP contribution in [0.1, 0.15) is 42.0 Å². The highest BCUT2D eigenvalue weighted by Crippen LogP contribution is 2.27. The lowest BCUT2D eigenvalue weighted by atomic mass is 9.96. The van der Waals surface area contributed by atoms with Crippen molar-refractivity contribution in [2.75, 3.05) is 13.1 Å². The standard InChI is InChI=1S/C19H21N5O2S/c1-2-23-12-20-10-15(23)19(26)24-7-3-5-13(11-24)18-21-14(9-17(25)22-18)16-6-4-8-27-16/h4,6,8-10,12-13H,2-3,5,7,11H2,1H3,(H,21,22,25). The zero-order valence-corrected chi connectivity index (χ0v) is 15.9. The van der Waals surface area contributed by atoms with Crippen LogP contribution < -0.4 is 5.56 Å². The van der Waals surface area contributed by atoms with Gasteiger partial charge >= 0.3 is 0 Å². The number of thiophene rings is 1. The Hall–Kier alpha value is -2.74. The summed E-state index contributed by atoms with van der Waals surface area (Å²) in [5.74, 6) is 0.663. The van der Waals surface area contributed by atoms with Gasteiger partial charge < -0.3 is 14.5 Å². The van der Waals surface area contributed by atoms with E-state index < -0.39 is 0 Å². The first kappa shape index (κ1) is 17.7. The van der Waals surface area contributed by atoms with Crippen LogP contribution >= 0.6 is 11.3 Å². The number of aromatic amines is 1. The maximum absolute atomic E-state index is 12.9. The molecule has 3 aromatic heterocycles. The van der Waals surface area contributed by atoms with Crippen molar-refractivity contribution in [1.82, 2.24) is 24.4 Å². The molecule has 1 saturated heterocycles. The highest BCUT2D eigenvalue weighted by Gasteiger charge is 2.28. The molecule has 3 aromatic rings. The fourth-order valence-corrected chi connectivity index (χ4v) is 4.20. The number of likely N-dealkylation sites (tertiary alicyclic amines) is 1. The van der Waals surface area contributed by atoms with Gasteiger partial charge in [-0.15, -0.1) is 11.3 Å². The van der Waals surface area contributed by atoms with E-state index in [1.807, 2.05) is 33.9 Å². The SMILES string of the molecule is CCn1cncc1C(=O)N1CCCC(c2nc(-c3cccs3)cc(=O)[nH]2)C1. The van der Waals surface area contributed by atoms with Crippen molar-refractivity contribution in [3.63, 3.8) is 0 Å². The molecule has 4 heterocycles. The molecule has 7 nitrogen and oxygen atoms in total. The van der Waals surface area contributed by atoms with Gasteiger partial charge in [0.25, 0.3) is 11.5 Å². The van der Waals surface area contributed by atoms with Crippen molar-refractivity contribution in [2.45, 2.75) is 32.2 Å². The van der Waals surface area contributed by atoms with Crippen molar-refractivity contribution in [2.24, 2.45) is 0 Å². The summed E-state index contributed by atoms with van der Waals surface area (Å²) in [7, 11) is 0. The Balaban J connectivity index is 1.58. The number of nitrogens with zero attached hydrogens (tertiary/aromatic N) is 4. The number of rotatable bonds is 4. The first-order chi connectivity index (χ1) is 13.2. The molecule has 0 spiro atoms. The third-order valence-electron chi connectivity index (χ3n) is 4.90. The molecule has 4 rings (SSSR count). The van der Waals surface area contributed by atoms with E-state index in [4.69, 9.17) is 0 Å². The Labute approximate surface area is 160 Å². The first-order valence-corrected chi connectivity index (χ1v) is 9.98. The summed E-state index contributed by atoms with van der Waals surface area (Å²) < 4.78 is 1.85. The molecule has 0 saturated carbocycles. The average molecular weight is 383 g/mol. The summed E-state index contributed by atoms with van der Waals surface area (Å²) in [6.07, 6.45) is 5.07. The van der Waals surface area contributed by atoms with Crippen LogP contribution in [-0.4, -0.2) is 43.4 Å². The number of nitrogens with one attached hydrogen (secondary N) is 1. The second kappa shape index (κ2) is 7.48. The zero-order valence-electron chi connectivity index (χ0n) is 15.1. The molecule has 1 aliphatic heterocycles. The predicted molar refractivity (Wildman–Crippen MR) is 104 cm³/mol. The van der Waals surface area contributed by atoms with Crippen LogP contribution in [0.25, 0.3) is 10.6 Å². The van der Waals surface area contributed by atoms with Gasteiger partial charge in [0.2, 0.25) is 0 Å². The summed E-state index contributed by atoms with van der Waals surface area (Å²) in [4.78, 5) is 39.5. The Morgan fingerprint density at radius 1 is 1.44 bits per heavy atom. The number of carbonyl (C=O) groups is 1. The van der Waals surface area contributed by atoms with Crippen LogP contribution in [0.3, 0.4) is 0 Å². The third kappa shape index (κ3) is 3.57. The number of aromatic nitrogens is 4. The molecule has 1 fully saturated rings. The van der Waals surface area contributed by atoms with Gasteiger partial charge in [-0.3, -0.25) is 9.59 Å². The summed E-state index contributed by atoms with van der Waals surface area (Å²) in [5.41, 5.74) is 1.14. The van der Waals surface area contributed by atoms with E-state index in [2.05, 4.69) is 15.0 Å². The lowest BCUT2D eigenvalue weighted by Crippen LogP contribution is -2.40. The summed E-state index contributed by atoms with van der Waals surface area (Å²) in [6.45, 7) is 3.95. The number of amides is 1. The fraction of sp³-hybridized carbons (Fsp3) is 0.368. The van der Waals surface area contributed by atoms with Gasteiger partial charge in [0, 0.05) is 31.6 Å². The van der Waals surface area contributed by atoms with Crippen molar-refractivity contribution in [3.05, 3.63) is 58.0 Å². The number of imidazole rings is 1. The van der Waals surface area contributed by atoms with Gasteiger partial charge in [-0.05, 0) is 31.2 Å². The van der Waals surface area contributed by atoms with E-state index in [1.165, 1.54) is 6.07 Å². The van der Waals surface area contributed by atoms with Gasteiger partial charge in [-0.25, -0.2) is 9.97 Å². The molecule has 27 heavy (non-hydrogen) atoms. The van der Waals surface area contributed by atoms with Gasteiger partial charge in [0.05, 0.1) is 23.1 Å². The molecule has 0 bridgehead atoms. The van der Waals surface area contributed by atoms with Crippen molar-refractivity contribution in [3.8, 4) is 10.6 Å². The fourth-order valence-electron chi connectivity index (χ4n) is 3.52. The summed E-state index contributed by atoms with van der Waals surface area (Å²) in [6, 6.07) is 5.43. The van der Waals surface area contributed by atoms with Crippen molar-refractivity contribution in [1.29, 1.82) is 0 Å². The minimum absolute atomic E-state index is 0.0178. The molecule has 1 amide bonds. The molecule has 1 atom stereocenters. The molecule has 1 aliphatic rings. The van der Waals surface area contributed by atoms with E-state index >= 15 is 0 Å². The van der Waals surface area contributed by atoms with Crippen LogP contribution in [0.15, 0.2) is 40.9 Å². The van der Waals surface area contributed by atoms with E-state index in [1.54, 1.807) is 23.9 Å². The van der Waals surface area contributed by atoms with Gasteiger partial charge in [0.1, 0.15) is 11.5 Å². The highest BCUT2D eigenvalue weighted by atomic mass is 32.1. The maximum Gasteiger partial charge on any atom is 0.272 e.